The van der Waals surface area contributed by atoms with Crippen LogP contribution in [0.5, 0.6) is 11.5 Å². The van der Waals surface area contributed by atoms with Crippen LogP contribution in [0.1, 0.15) is 32.1 Å². The van der Waals surface area contributed by atoms with Crippen molar-refractivity contribution in [3.05, 3.63) is 58.1 Å². The first-order chi connectivity index (χ1) is 18.3. The maximum Gasteiger partial charge on any atom is 0.469 e. The second kappa shape index (κ2) is 11.6. The Bertz CT molecular complexity index is 1300. The van der Waals surface area contributed by atoms with Crippen LogP contribution in [0.4, 0.5) is 8.78 Å². The van der Waals surface area contributed by atoms with Crippen molar-refractivity contribution in [2.45, 2.75) is 49.3 Å². The number of carbonyl (C=O) groups is 2. The van der Waals surface area contributed by atoms with E-state index in [0.29, 0.717) is 12.8 Å². The first kappa shape index (κ1) is 29.5. The monoisotopic (exact) mass is 608 g/mol. The average Bonchev–Trinajstić information content (AvgIpc) is 2.85. The molecule has 0 saturated heterocycles. The first-order valence-electron chi connectivity index (χ1n) is 11.8. The number of nitrogens with one attached hydrogen (secondary N) is 2. The van der Waals surface area contributed by atoms with Crippen LogP contribution < -0.4 is 20.1 Å². The number of hydrogen-bond donors (Lipinski definition) is 4. The lowest BCUT2D eigenvalue weighted by atomic mass is 9.60. The SMILES string of the molecule is O=C(COc1ccc(Cl)c(F)c1)NC12CCC(NC(=O)COc3ccc(Cl)c(F)c3)(CC1)[C@H](OP(=O)(O)O)C2. The summed E-state index contributed by atoms with van der Waals surface area (Å²) in [4.78, 5) is 44.4. The summed E-state index contributed by atoms with van der Waals surface area (Å²) >= 11 is 11.3. The Morgan fingerprint density at radius 3 is 1.85 bits per heavy atom. The van der Waals surface area contributed by atoms with Gasteiger partial charge in [-0.3, -0.25) is 14.1 Å². The largest absolute Gasteiger partial charge is 0.484 e. The Morgan fingerprint density at radius 1 is 0.897 bits per heavy atom. The molecule has 2 aromatic carbocycles. The van der Waals surface area contributed by atoms with E-state index in [-0.39, 0.29) is 40.8 Å². The number of benzene rings is 2. The van der Waals surface area contributed by atoms with Gasteiger partial charge < -0.3 is 29.9 Å². The van der Waals surface area contributed by atoms with Gasteiger partial charge in [-0.25, -0.2) is 13.3 Å². The lowest BCUT2D eigenvalue weighted by Gasteiger charge is -2.57. The van der Waals surface area contributed by atoms with Gasteiger partial charge in [0.15, 0.2) is 13.2 Å². The third kappa shape index (κ3) is 7.39. The van der Waals surface area contributed by atoms with E-state index in [9.17, 15) is 32.7 Å². The van der Waals surface area contributed by atoms with Gasteiger partial charge in [0, 0.05) is 17.7 Å². The molecule has 0 aliphatic heterocycles. The minimum absolute atomic E-state index is 0.00293. The fourth-order valence-electron chi connectivity index (χ4n) is 5.01. The van der Waals surface area contributed by atoms with Gasteiger partial charge in [-0.05, 0) is 56.4 Å². The third-order valence-corrected chi connectivity index (χ3v) is 8.01. The van der Waals surface area contributed by atoms with Gasteiger partial charge in [0.05, 0.1) is 21.7 Å². The molecule has 2 bridgehead atoms. The highest BCUT2D eigenvalue weighted by Gasteiger charge is 2.57. The summed E-state index contributed by atoms with van der Waals surface area (Å²) in [5, 5.41) is 5.44. The molecule has 1 atom stereocenters. The highest BCUT2D eigenvalue weighted by Crippen LogP contribution is 2.52. The quantitative estimate of drug-likeness (QED) is 0.297. The summed E-state index contributed by atoms with van der Waals surface area (Å²) in [6.07, 6.45) is 0.0930. The molecule has 4 N–H and O–H groups in total. The molecule has 39 heavy (non-hydrogen) atoms. The maximum atomic E-state index is 13.6. The molecule has 3 aliphatic carbocycles. The zero-order valence-electron chi connectivity index (χ0n) is 20.3. The number of rotatable bonds is 10. The zero-order chi connectivity index (χ0) is 28.4. The topological polar surface area (TPSA) is 143 Å². The van der Waals surface area contributed by atoms with Crippen molar-refractivity contribution in [3.63, 3.8) is 0 Å². The van der Waals surface area contributed by atoms with E-state index in [1.165, 1.54) is 24.3 Å². The van der Waals surface area contributed by atoms with Crippen LogP contribution in [0.25, 0.3) is 0 Å². The molecule has 0 spiro atoms. The molecular formula is C24H25Cl2F2N2O8P. The molecule has 15 heteroatoms. The van der Waals surface area contributed by atoms with Crippen molar-refractivity contribution >= 4 is 42.8 Å². The van der Waals surface area contributed by atoms with Crippen LogP contribution in [0.3, 0.4) is 0 Å². The Kier molecular flexibility index (Phi) is 8.75. The van der Waals surface area contributed by atoms with Crippen molar-refractivity contribution < 1.29 is 46.7 Å². The van der Waals surface area contributed by atoms with E-state index >= 15 is 0 Å². The minimum atomic E-state index is -4.97. The Hall–Kier alpha value is -2.47. The summed E-state index contributed by atoms with van der Waals surface area (Å²) in [5.74, 6) is -2.37. The predicted octanol–water partition coefficient (Wildman–Crippen LogP) is 3.90. The van der Waals surface area contributed by atoms with Crippen LogP contribution in [-0.2, 0) is 18.7 Å². The zero-order valence-corrected chi connectivity index (χ0v) is 22.7. The Balaban J connectivity index is 1.39. The Morgan fingerprint density at radius 2 is 1.38 bits per heavy atom. The second-order valence-corrected chi connectivity index (χ2v) is 11.6. The van der Waals surface area contributed by atoms with Crippen LogP contribution in [-0.4, -0.2) is 52.0 Å². The number of halogens is 4. The maximum absolute atomic E-state index is 13.6. The summed E-state index contributed by atoms with van der Waals surface area (Å²) in [6.45, 7) is -0.923. The number of phosphoric ester groups is 1. The predicted molar refractivity (Wildman–Crippen MR) is 136 cm³/mol. The molecule has 0 radical (unpaired) electrons. The molecule has 10 nitrogen and oxygen atoms in total. The van der Waals surface area contributed by atoms with Gasteiger partial charge in [-0.15, -0.1) is 0 Å². The van der Waals surface area contributed by atoms with E-state index in [4.69, 9.17) is 37.2 Å². The molecule has 212 valence electrons. The number of phosphoric acid groups is 1. The van der Waals surface area contributed by atoms with Gasteiger partial charge in [0.1, 0.15) is 23.1 Å². The third-order valence-electron chi connectivity index (χ3n) is 6.87. The molecule has 3 fully saturated rings. The van der Waals surface area contributed by atoms with Crippen molar-refractivity contribution in [3.8, 4) is 11.5 Å². The highest BCUT2D eigenvalue weighted by molar-refractivity contribution is 7.46. The van der Waals surface area contributed by atoms with Gasteiger partial charge >= 0.3 is 7.82 Å². The summed E-state index contributed by atoms with van der Waals surface area (Å²) < 4.78 is 54.8. The van der Waals surface area contributed by atoms with Gasteiger partial charge in [0.25, 0.3) is 11.8 Å². The second-order valence-electron chi connectivity index (χ2n) is 9.55. The summed E-state index contributed by atoms with van der Waals surface area (Å²) in [5.41, 5.74) is -1.99. The molecule has 5 rings (SSSR count). The van der Waals surface area contributed by atoms with Gasteiger partial charge in [-0.1, -0.05) is 23.2 Å². The molecule has 0 aromatic heterocycles. The average molecular weight is 609 g/mol. The smallest absolute Gasteiger partial charge is 0.469 e. The van der Waals surface area contributed by atoms with E-state index in [1.54, 1.807) is 0 Å². The molecule has 0 heterocycles. The number of carbonyl (C=O) groups excluding carboxylic acids is 2. The molecule has 0 unspecified atom stereocenters. The first-order valence-corrected chi connectivity index (χ1v) is 14.1. The van der Waals surface area contributed by atoms with Crippen molar-refractivity contribution in [1.29, 1.82) is 0 Å². The molecule has 3 aliphatic rings. The van der Waals surface area contributed by atoms with E-state index in [2.05, 4.69) is 10.6 Å². The molecule has 3 saturated carbocycles. The number of amides is 2. The summed E-state index contributed by atoms with van der Waals surface area (Å²) in [7, 11) is -4.97. The van der Waals surface area contributed by atoms with Crippen LogP contribution in [0, 0.1) is 11.6 Å². The van der Waals surface area contributed by atoms with Crippen molar-refractivity contribution in [2.24, 2.45) is 0 Å². The normalized spacial score (nSPS) is 24.2. The van der Waals surface area contributed by atoms with E-state index < -0.39 is 61.7 Å². The van der Waals surface area contributed by atoms with Crippen LogP contribution in [0.2, 0.25) is 10.0 Å². The number of fused-ring (bicyclic) bond motifs is 3. The van der Waals surface area contributed by atoms with Crippen LogP contribution >= 0.6 is 31.0 Å². The molecule has 2 aromatic rings. The van der Waals surface area contributed by atoms with Gasteiger partial charge in [0.2, 0.25) is 0 Å². The standard InChI is InChI=1S/C24H25Cl2F2N2O8P/c25-16-3-1-14(9-18(16)27)36-12-21(31)29-23-5-7-24(8-6-23,20(11-23)38-39(33,34)35)30-22(32)13-37-15-2-4-17(26)19(28)10-15/h1-4,9-10,20H,5-8,11-13H2,(H,29,31)(H,30,32)(H2,33,34,35)/t20-,23?,24?/m1/s1. The van der Waals surface area contributed by atoms with E-state index in [1.807, 2.05) is 0 Å². The Labute approximate surface area is 232 Å². The van der Waals surface area contributed by atoms with E-state index in [0.717, 1.165) is 12.1 Å². The summed E-state index contributed by atoms with van der Waals surface area (Å²) in [6, 6.07) is 7.44. The fourth-order valence-corrected chi connectivity index (χ4v) is 5.86. The lowest BCUT2D eigenvalue weighted by molar-refractivity contribution is -0.136. The molecule has 2 amide bonds. The lowest BCUT2D eigenvalue weighted by Crippen LogP contribution is -2.71. The number of hydrogen-bond acceptors (Lipinski definition) is 6. The minimum Gasteiger partial charge on any atom is -0.484 e. The van der Waals surface area contributed by atoms with Crippen molar-refractivity contribution in [1.82, 2.24) is 10.6 Å². The van der Waals surface area contributed by atoms with Gasteiger partial charge in [-0.2, -0.15) is 0 Å². The van der Waals surface area contributed by atoms with Crippen LogP contribution in [0.15, 0.2) is 36.4 Å². The fraction of sp³-hybridized carbons (Fsp3) is 0.417. The van der Waals surface area contributed by atoms with Crippen molar-refractivity contribution in [2.75, 3.05) is 13.2 Å². The number of ether oxygens (including phenoxy) is 2. The molecular weight excluding hydrogens is 584 g/mol. The highest BCUT2D eigenvalue weighted by atomic mass is 35.5.